The number of alkyl halides is 1. The Bertz CT molecular complexity index is 538. The third-order valence-electron chi connectivity index (χ3n) is 4.97. The van der Waals surface area contributed by atoms with Crippen molar-refractivity contribution in [2.75, 3.05) is 6.61 Å². The molecule has 6 atom stereocenters. The van der Waals surface area contributed by atoms with Crippen LogP contribution in [-0.2, 0) is 9.53 Å². The topological polar surface area (TPSA) is 49.8 Å². The molecule has 1 aromatic rings. The zero-order valence-corrected chi connectivity index (χ0v) is 15.0. The van der Waals surface area contributed by atoms with Crippen LogP contribution in [-0.4, -0.2) is 44.7 Å². The lowest BCUT2D eigenvalue weighted by atomic mass is 9.94. The Morgan fingerprint density at radius 1 is 1.45 bits per heavy atom. The molecule has 120 valence electrons. The number of nitrogens with zero attached hydrogens (tertiary/aromatic N) is 1. The maximum absolute atomic E-state index is 12.5. The van der Waals surface area contributed by atoms with E-state index in [2.05, 4.69) is 46.5 Å². The summed E-state index contributed by atoms with van der Waals surface area (Å²) in [5, 5.41) is 10.4. The second-order valence-corrected chi connectivity index (χ2v) is 7.57. The summed E-state index contributed by atoms with van der Waals surface area (Å²) in [5.41, 5.74) is 1.17. The molecule has 1 heterocycles. The lowest BCUT2D eigenvalue weighted by molar-refractivity contribution is -0.154. The Morgan fingerprint density at radius 3 is 2.77 bits per heavy atom. The van der Waals surface area contributed by atoms with Gasteiger partial charge in [-0.25, -0.2) is 0 Å². The molecule has 0 aromatic heterocycles. The van der Waals surface area contributed by atoms with E-state index in [0.29, 0.717) is 13.0 Å². The molecule has 0 radical (unpaired) electrons. The van der Waals surface area contributed by atoms with Gasteiger partial charge in [-0.2, -0.15) is 0 Å². The highest BCUT2D eigenvalue weighted by atomic mass is 127. The smallest absolute Gasteiger partial charge is 0.323 e. The zero-order valence-electron chi connectivity index (χ0n) is 12.9. The Morgan fingerprint density at radius 2 is 2.14 bits per heavy atom. The normalized spacial score (nSPS) is 35.5. The number of hydrogen-bond acceptors (Lipinski definition) is 4. The third-order valence-corrected chi connectivity index (χ3v) is 6.63. The van der Waals surface area contributed by atoms with Crippen LogP contribution in [0.15, 0.2) is 30.3 Å². The van der Waals surface area contributed by atoms with Gasteiger partial charge in [-0.05, 0) is 25.8 Å². The van der Waals surface area contributed by atoms with Crippen molar-refractivity contribution >= 4 is 28.6 Å². The van der Waals surface area contributed by atoms with Crippen LogP contribution >= 0.6 is 22.6 Å². The maximum Gasteiger partial charge on any atom is 0.323 e. The van der Waals surface area contributed by atoms with Gasteiger partial charge in [-0.15, -0.1) is 0 Å². The molecule has 0 unspecified atom stereocenters. The average molecular weight is 415 g/mol. The van der Waals surface area contributed by atoms with Crippen LogP contribution in [0.3, 0.4) is 0 Å². The number of carbonyl (C=O) groups excluding carboxylic acids is 1. The lowest BCUT2D eigenvalue weighted by Crippen LogP contribution is -2.52. The second-order valence-electron chi connectivity index (χ2n) is 6.13. The number of hydrogen-bond donors (Lipinski definition) is 1. The fourth-order valence-corrected chi connectivity index (χ4v) is 5.55. The number of benzene rings is 1. The molecular weight excluding hydrogens is 393 g/mol. The monoisotopic (exact) mass is 415 g/mol. The molecule has 5 heteroatoms. The summed E-state index contributed by atoms with van der Waals surface area (Å²) in [7, 11) is 0. The predicted molar refractivity (Wildman–Crippen MR) is 92.8 cm³/mol. The van der Waals surface area contributed by atoms with Crippen LogP contribution < -0.4 is 0 Å². The van der Waals surface area contributed by atoms with E-state index in [0.717, 1.165) is 0 Å². The quantitative estimate of drug-likeness (QED) is 0.467. The fourth-order valence-electron chi connectivity index (χ4n) is 4.01. The molecule has 4 nitrogen and oxygen atoms in total. The minimum Gasteiger partial charge on any atom is -0.465 e. The van der Waals surface area contributed by atoms with Crippen LogP contribution in [0.1, 0.15) is 31.9 Å². The first-order valence-corrected chi connectivity index (χ1v) is 9.12. The SMILES string of the molecule is CCOC(=O)[C@@H]1[C@@H]2C[C@@H](O)[C@@H]([C@H]2I)N1[C@H](C)c1ccccc1. The summed E-state index contributed by atoms with van der Waals surface area (Å²) >= 11 is 2.40. The van der Waals surface area contributed by atoms with E-state index in [1.807, 2.05) is 25.1 Å². The fraction of sp³-hybridized carbons (Fsp3) is 0.588. The molecule has 1 aromatic carbocycles. The van der Waals surface area contributed by atoms with Crippen molar-refractivity contribution in [2.24, 2.45) is 5.92 Å². The summed E-state index contributed by atoms with van der Waals surface area (Å²) in [6, 6.07) is 10.0. The summed E-state index contributed by atoms with van der Waals surface area (Å²) in [5.74, 6) is 0.0251. The first-order valence-electron chi connectivity index (χ1n) is 7.87. The third kappa shape index (κ3) is 2.57. The Balaban J connectivity index is 1.93. The van der Waals surface area contributed by atoms with Gasteiger partial charge in [0.1, 0.15) is 6.04 Å². The molecule has 1 saturated carbocycles. The van der Waals surface area contributed by atoms with Crippen molar-refractivity contribution in [3.63, 3.8) is 0 Å². The van der Waals surface area contributed by atoms with E-state index >= 15 is 0 Å². The molecule has 2 fully saturated rings. The summed E-state index contributed by atoms with van der Waals surface area (Å²) in [6.45, 7) is 4.35. The van der Waals surface area contributed by atoms with E-state index < -0.39 is 0 Å². The number of esters is 1. The van der Waals surface area contributed by atoms with E-state index in [9.17, 15) is 9.90 Å². The number of aliphatic hydroxyl groups is 1. The van der Waals surface area contributed by atoms with E-state index in [-0.39, 0.29) is 40.0 Å². The van der Waals surface area contributed by atoms with Gasteiger partial charge in [0.25, 0.3) is 0 Å². The van der Waals surface area contributed by atoms with Crippen molar-refractivity contribution in [1.29, 1.82) is 0 Å². The standard InChI is InChI=1S/C17H22INO3/c1-3-22-17(21)15-12-9-13(20)16(14(12)18)19(15)10(2)11-7-5-4-6-8-11/h4-8,10,12-16,20H,3,9H2,1-2H3/t10-,12-,13-,14+,15+,16+/m1/s1. The van der Waals surface area contributed by atoms with Crippen LogP contribution in [0.4, 0.5) is 0 Å². The molecule has 1 saturated heterocycles. The molecule has 0 amide bonds. The number of fused-ring (bicyclic) bond motifs is 2. The maximum atomic E-state index is 12.5. The van der Waals surface area contributed by atoms with Crippen molar-refractivity contribution in [3.05, 3.63) is 35.9 Å². The van der Waals surface area contributed by atoms with Gasteiger partial charge in [-0.3, -0.25) is 9.69 Å². The van der Waals surface area contributed by atoms with Crippen molar-refractivity contribution in [3.8, 4) is 0 Å². The number of piperidine rings is 1. The van der Waals surface area contributed by atoms with Gasteiger partial charge in [-0.1, -0.05) is 52.9 Å². The molecule has 2 bridgehead atoms. The van der Waals surface area contributed by atoms with Crippen LogP contribution in [0.2, 0.25) is 0 Å². The molecule has 22 heavy (non-hydrogen) atoms. The van der Waals surface area contributed by atoms with Crippen LogP contribution in [0, 0.1) is 5.92 Å². The van der Waals surface area contributed by atoms with Gasteiger partial charge in [0.2, 0.25) is 0 Å². The van der Waals surface area contributed by atoms with Crippen molar-refractivity contribution in [2.45, 2.75) is 48.4 Å². The molecule has 0 spiro atoms. The number of carbonyl (C=O) groups is 1. The minimum atomic E-state index is -0.358. The first-order chi connectivity index (χ1) is 10.6. The molecule has 2 aliphatic rings. The molecular formula is C17H22INO3. The van der Waals surface area contributed by atoms with Crippen molar-refractivity contribution in [1.82, 2.24) is 4.90 Å². The van der Waals surface area contributed by atoms with Gasteiger partial charge < -0.3 is 9.84 Å². The van der Waals surface area contributed by atoms with Gasteiger partial charge in [0, 0.05) is 21.9 Å². The minimum absolute atomic E-state index is 0.0233. The molecule has 1 aliphatic heterocycles. The molecule has 1 aliphatic carbocycles. The number of likely N-dealkylation sites (tertiary alicyclic amines) is 1. The second kappa shape index (κ2) is 6.45. The average Bonchev–Trinajstić information content (AvgIpc) is 2.96. The highest BCUT2D eigenvalue weighted by molar-refractivity contribution is 14.1. The number of ether oxygens (including phenoxy) is 1. The van der Waals surface area contributed by atoms with Gasteiger partial charge in [0.15, 0.2) is 0 Å². The van der Waals surface area contributed by atoms with Crippen LogP contribution in [0.5, 0.6) is 0 Å². The van der Waals surface area contributed by atoms with E-state index in [4.69, 9.17) is 4.74 Å². The summed E-state index contributed by atoms with van der Waals surface area (Å²) in [4.78, 5) is 14.7. The number of rotatable bonds is 4. The Hall–Kier alpha value is -0.660. The highest BCUT2D eigenvalue weighted by Gasteiger charge is 2.60. The number of halogens is 1. The highest BCUT2D eigenvalue weighted by Crippen LogP contribution is 2.50. The van der Waals surface area contributed by atoms with Crippen molar-refractivity contribution < 1.29 is 14.6 Å². The number of aliphatic hydroxyl groups excluding tert-OH is 1. The van der Waals surface area contributed by atoms with Gasteiger partial charge >= 0.3 is 5.97 Å². The Labute approximate surface area is 145 Å². The first kappa shape index (κ1) is 16.2. The van der Waals surface area contributed by atoms with Gasteiger partial charge in [0.05, 0.1) is 12.7 Å². The predicted octanol–water partition coefficient (Wildman–Crippen LogP) is 2.55. The summed E-state index contributed by atoms with van der Waals surface area (Å²) in [6.07, 6.45) is 0.337. The lowest BCUT2D eigenvalue weighted by Gasteiger charge is -2.40. The zero-order chi connectivity index (χ0) is 15.9. The Kier molecular flexibility index (Phi) is 4.75. The molecule has 1 N–H and O–H groups in total. The molecule has 3 rings (SSSR count). The van der Waals surface area contributed by atoms with Crippen LogP contribution in [0.25, 0.3) is 0 Å². The van der Waals surface area contributed by atoms with E-state index in [1.165, 1.54) is 5.56 Å². The van der Waals surface area contributed by atoms with E-state index in [1.54, 1.807) is 0 Å². The largest absolute Gasteiger partial charge is 0.465 e. The summed E-state index contributed by atoms with van der Waals surface area (Å²) < 4.78 is 5.60.